The summed E-state index contributed by atoms with van der Waals surface area (Å²) in [6, 6.07) is 11.0. The van der Waals surface area contributed by atoms with Crippen molar-refractivity contribution >= 4 is 22.7 Å². The Hall–Kier alpha value is -3.50. The first kappa shape index (κ1) is 25.2. The summed E-state index contributed by atoms with van der Waals surface area (Å²) in [5, 5.41) is 1.24. The molecule has 0 unspecified atom stereocenters. The molecular weight excluding hydrogens is 494 g/mol. The summed E-state index contributed by atoms with van der Waals surface area (Å²) in [5.41, 5.74) is 2.08. The molecule has 0 amide bonds. The van der Waals surface area contributed by atoms with Gasteiger partial charge in [-0.25, -0.2) is 9.97 Å². The number of rotatable bonds is 9. The van der Waals surface area contributed by atoms with E-state index in [1.807, 2.05) is 31.2 Å². The third kappa shape index (κ3) is 5.03. The van der Waals surface area contributed by atoms with E-state index in [-0.39, 0.29) is 11.7 Å². The Morgan fingerprint density at radius 2 is 1.84 bits per heavy atom. The van der Waals surface area contributed by atoms with Gasteiger partial charge in [0.25, 0.3) is 5.56 Å². The lowest BCUT2D eigenvalue weighted by Gasteiger charge is -2.16. The molecule has 0 bridgehead atoms. The van der Waals surface area contributed by atoms with E-state index in [1.54, 1.807) is 38.0 Å². The lowest BCUT2D eigenvalue weighted by atomic mass is 10.2. The number of ether oxygens (including phenoxy) is 4. The molecule has 10 heteroatoms. The minimum absolute atomic E-state index is 0.0143. The number of benzene rings is 2. The van der Waals surface area contributed by atoms with E-state index in [9.17, 15) is 4.79 Å². The summed E-state index contributed by atoms with van der Waals surface area (Å²) in [7, 11) is 4.69. The molecule has 0 saturated carbocycles. The number of fused-ring (bicyclic) bond motifs is 1. The number of hydrogen-bond acceptors (Lipinski definition) is 9. The molecule has 5 rings (SSSR count). The van der Waals surface area contributed by atoms with Crippen molar-refractivity contribution in [2.24, 2.45) is 0 Å². The van der Waals surface area contributed by atoms with Crippen LogP contribution in [0.1, 0.15) is 24.3 Å². The minimum atomic E-state index is -0.0569. The second-order valence-corrected chi connectivity index (χ2v) is 9.63. The number of aryl methyl sites for hydroxylation is 1. The van der Waals surface area contributed by atoms with E-state index in [0.717, 1.165) is 25.1 Å². The number of thioether (sulfide) groups is 1. The van der Waals surface area contributed by atoms with Crippen molar-refractivity contribution in [3.63, 3.8) is 0 Å². The van der Waals surface area contributed by atoms with Crippen LogP contribution in [0.3, 0.4) is 0 Å². The van der Waals surface area contributed by atoms with E-state index in [0.29, 0.717) is 62.8 Å². The summed E-state index contributed by atoms with van der Waals surface area (Å²) in [6.07, 6.45) is 1.95. The first-order chi connectivity index (χ1) is 18.0. The van der Waals surface area contributed by atoms with Crippen molar-refractivity contribution in [3.05, 3.63) is 58.2 Å². The molecule has 4 aromatic rings. The van der Waals surface area contributed by atoms with Crippen LogP contribution in [0.4, 0.5) is 0 Å². The summed E-state index contributed by atoms with van der Waals surface area (Å²) in [5.74, 6) is 3.14. The standard InChI is InChI=1S/C27H29N3O6S/c1-16-21(28-25(36-16)17-12-22(32-2)24(34-4)23(13-17)33-3)15-37-27-29-20-10-6-5-9-19(20)26(31)30(27)14-18-8-7-11-35-18/h5-6,9-10,12-13,18H,7-8,11,14-15H2,1-4H3/t18-/m1/s1. The van der Waals surface area contributed by atoms with Gasteiger partial charge in [-0.15, -0.1) is 0 Å². The highest BCUT2D eigenvalue weighted by Gasteiger charge is 2.22. The van der Waals surface area contributed by atoms with Crippen LogP contribution in [0.25, 0.3) is 22.4 Å². The van der Waals surface area contributed by atoms with Crippen LogP contribution in [-0.4, -0.2) is 48.6 Å². The SMILES string of the molecule is COc1cc(-c2nc(CSc3nc4ccccc4c(=O)n3C[C@H]3CCCO3)c(C)o2)cc(OC)c1OC. The van der Waals surface area contributed by atoms with E-state index in [1.165, 1.54) is 11.8 Å². The van der Waals surface area contributed by atoms with Crippen LogP contribution in [0, 0.1) is 6.92 Å². The van der Waals surface area contributed by atoms with Gasteiger partial charge in [0.2, 0.25) is 11.6 Å². The number of aromatic nitrogens is 3. The van der Waals surface area contributed by atoms with Gasteiger partial charge in [0.05, 0.1) is 50.6 Å². The molecule has 9 nitrogen and oxygen atoms in total. The smallest absolute Gasteiger partial charge is 0.262 e. The van der Waals surface area contributed by atoms with Crippen molar-refractivity contribution in [2.75, 3.05) is 27.9 Å². The first-order valence-electron chi connectivity index (χ1n) is 12.0. The second-order valence-electron chi connectivity index (χ2n) is 8.69. The molecule has 2 aromatic heterocycles. The average Bonchev–Trinajstić information content (AvgIpc) is 3.57. The Labute approximate surface area is 218 Å². The van der Waals surface area contributed by atoms with E-state index in [4.69, 9.17) is 33.3 Å². The van der Waals surface area contributed by atoms with Gasteiger partial charge in [-0.2, -0.15) is 0 Å². The van der Waals surface area contributed by atoms with Gasteiger partial charge in [0.15, 0.2) is 16.7 Å². The maximum absolute atomic E-state index is 13.4. The fourth-order valence-electron chi connectivity index (χ4n) is 4.43. The quantitative estimate of drug-likeness (QED) is 0.225. The Balaban J connectivity index is 1.45. The molecule has 1 atom stereocenters. The summed E-state index contributed by atoms with van der Waals surface area (Å²) >= 11 is 1.46. The third-order valence-corrected chi connectivity index (χ3v) is 7.37. The van der Waals surface area contributed by atoms with E-state index >= 15 is 0 Å². The highest BCUT2D eigenvalue weighted by atomic mass is 32.2. The normalized spacial score (nSPS) is 15.3. The number of para-hydroxylation sites is 1. The van der Waals surface area contributed by atoms with Gasteiger partial charge >= 0.3 is 0 Å². The Morgan fingerprint density at radius 1 is 1.08 bits per heavy atom. The molecule has 1 fully saturated rings. The molecule has 0 aliphatic carbocycles. The maximum Gasteiger partial charge on any atom is 0.262 e. The van der Waals surface area contributed by atoms with Gasteiger partial charge in [-0.1, -0.05) is 23.9 Å². The summed E-state index contributed by atoms with van der Waals surface area (Å²) < 4.78 is 29.9. The van der Waals surface area contributed by atoms with Gasteiger partial charge in [-0.05, 0) is 44.0 Å². The topological polar surface area (TPSA) is 97.8 Å². The largest absolute Gasteiger partial charge is 0.493 e. The molecule has 3 heterocycles. The lowest BCUT2D eigenvalue weighted by Crippen LogP contribution is -2.28. The zero-order valence-corrected chi connectivity index (χ0v) is 22.1. The van der Waals surface area contributed by atoms with E-state index in [2.05, 4.69) is 0 Å². The third-order valence-electron chi connectivity index (χ3n) is 6.38. The first-order valence-corrected chi connectivity index (χ1v) is 13.0. The van der Waals surface area contributed by atoms with Crippen LogP contribution in [-0.2, 0) is 17.0 Å². The van der Waals surface area contributed by atoms with Gasteiger partial charge in [0, 0.05) is 17.9 Å². The van der Waals surface area contributed by atoms with Crippen molar-refractivity contribution < 1.29 is 23.4 Å². The number of nitrogens with zero attached hydrogens (tertiary/aromatic N) is 3. The molecule has 1 aliphatic heterocycles. The van der Waals surface area contributed by atoms with Crippen LogP contribution < -0.4 is 19.8 Å². The highest BCUT2D eigenvalue weighted by Crippen LogP contribution is 2.41. The van der Waals surface area contributed by atoms with Gasteiger partial charge < -0.3 is 23.4 Å². The van der Waals surface area contributed by atoms with Crippen LogP contribution in [0.15, 0.2) is 50.8 Å². The van der Waals surface area contributed by atoms with Crippen molar-refractivity contribution in [1.29, 1.82) is 0 Å². The van der Waals surface area contributed by atoms with Gasteiger partial charge in [-0.3, -0.25) is 9.36 Å². The average molecular weight is 524 g/mol. The number of hydrogen-bond donors (Lipinski definition) is 0. The number of oxazole rings is 1. The van der Waals surface area contributed by atoms with Crippen molar-refractivity contribution in [2.45, 2.75) is 43.3 Å². The Kier molecular flexibility index (Phi) is 7.38. The molecule has 37 heavy (non-hydrogen) atoms. The maximum atomic E-state index is 13.4. The van der Waals surface area contributed by atoms with Crippen molar-refractivity contribution in [3.8, 4) is 28.7 Å². The fraction of sp³-hybridized carbons (Fsp3) is 0.370. The van der Waals surface area contributed by atoms with E-state index < -0.39 is 0 Å². The van der Waals surface area contributed by atoms with Gasteiger partial charge in [0.1, 0.15) is 5.76 Å². The molecule has 194 valence electrons. The predicted molar refractivity (Wildman–Crippen MR) is 141 cm³/mol. The highest BCUT2D eigenvalue weighted by molar-refractivity contribution is 7.98. The molecule has 1 saturated heterocycles. The van der Waals surface area contributed by atoms with Crippen LogP contribution in [0.5, 0.6) is 17.2 Å². The number of methoxy groups -OCH3 is 3. The Bertz CT molecular complexity index is 1450. The lowest BCUT2D eigenvalue weighted by molar-refractivity contribution is 0.0937. The molecular formula is C27H29N3O6S. The zero-order valence-electron chi connectivity index (χ0n) is 21.3. The molecule has 0 N–H and O–H groups in total. The molecule has 2 aromatic carbocycles. The summed E-state index contributed by atoms with van der Waals surface area (Å²) in [4.78, 5) is 22.9. The van der Waals surface area contributed by atoms with Crippen molar-refractivity contribution in [1.82, 2.24) is 14.5 Å². The fourth-order valence-corrected chi connectivity index (χ4v) is 5.44. The monoisotopic (exact) mass is 523 g/mol. The summed E-state index contributed by atoms with van der Waals surface area (Å²) in [6.45, 7) is 3.08. The molecule has 0 spiro atoms. The minimum Gasteiger partial charge on any atom is -0.493 e. The Morgan fingerprint density at radius 3 is 2.51 bits per heavy atom. The predicted octanol–water partition coefficient (Wildman–Crippen LogP) is 4.86. The molecule has 0 radical (unpaired) electrons. The second kappa shape index (κ2) is 10.9. The molecule has 1 aliphatic rings. The van der Waals surface area contributed by atoms with Crippen LogP contribution in [0.2, 0.25) is 0 Å². The van der Waals surface area contributed by atoms with Crippen LogP contribution >= 0.6 is 11.8 Å². The zero-order chi connectivity index (χ0) is 25.9.